The third-order valence-corrected chi connectivity index (χ3v) is 4.05. The first-order valence-electron chi connectivity index (χ1n) is 3.32. The lowest BCUT2D eigenvalue weighted by atomic mass is 10.3. The summed E-state index contributed by atoms with van der Waals surface area (Å²) in [5.74, 6) is 0. The molecule has 0 heterocycles. The first kappa shape index (κ1) is 12.5. The Morgan fingerprint density at radius 2 is 1.40 bits per heavy atom. The zero-order valence-electron chi connectivity index (χ0n) is 6.74. The minimum atomic E-state index is -0.808. The van der Waals surface area contributed by atoms with Crippen molar-refractivity contribution in [2.24, 2.45) is 0 Å². The van der Waals surface area contributed by atoms with E-state index >= 15 is 0 Å². The van der Waals surface area contributed by atoms with Gasteiger partial charge in [-0.2, -0.15) is 0 Å². The summed E-state index contributed by atoms with van der Waals surface area (Å²) in [6.07, 6.45) is 0. The Morgan fingerprint density at radius 3 is 1.80 bits per heavy atom. The molecule has 0 aliphatic carbocycles. The molecule has 9 heteroatoms. The monoisotopic (exact) mass is 402 g/mol. The Morgan fingerprint density at radius 1 is 0.933 bits per heavy atom. The van der Waals surface area contributed by atoms with E-state index in [4.69, 9.17) is 0 Å². The molecule has 0 radical (unpaired) electrons. The Labute approximate surface area is 108 Å². The highest BCUT2D eigenvalue weighted by Crippen LogP contribution is 2.44. The predicted octanol–water partition coefficient (Wildman–Crippen LogP) is 3.79. The average molecular weight is 405 g/mol. The normalized spacial score (nSPS) is 10.1. The minimum Gasteiger partial charge on any atom is -0.258 e. The van der Waals surface area contributed by atoms with Crippen molar-refractivity contribution in [1.82, 2.24) is 0 Å². The summed E-state index contributed by atoms with van der Waals surface area (Å²) in [4.78, 5) is 19.7. The van der Waals surface area contributed by atoms with Crippen LogP contribution in [0.15, 0.2) is 19.5 Å². The van der Waals surface area contributed by atoms with E-state index < -0.39 is 21.2 Å². The molecular formula is C6HBr3N2O4. The second kappa shape index (κ2) is 4.54. The Hall–Kier alpha value is -0.540. The van der Waals surface area contributed by atoms with Crippen molar-refractivity contribution < 1.29 is 9.85 Å². The highest BCUT2D eigenvalue weighted by molar-refractivity contribution is 9.13. The summed E-state index contributed by atoms with van der Waals surface area (Å²) < 4.78 is 0.461. The van der Waals surface area contributed by atoms with Crippen LogP contribution in [0.2, 0.25) is 0 Å². The molecule has 15 heavy (non-hydrogen) atoms. The van der Waals surface area contributed by atoms with Gasteiger partial charge >= 0.3 is 11.4 Å². The third kappa shape index (κ3) is 2.34. The van der Waals surface area contributed by atoms with Crippen molar-refractivity contribution in [2.45, 2.75) is 0 Å². The summed E-state index contributed by atoms with van der Waals surface area (Å²) in [5.41, 5.74) is -1.16. The molecule has 80 valence electrons. The molecule has 0 atom stereocenters. The summed E-state index contributed by atoms with van der Waals surface area (Å²) in [7, 11) is 0. The van der Waals surface area contributed by atoms with Crippen molar-refractivity contribution in [2.75, 3.05) is 0 Å². The van der Waals surface area contributed by atoms with Gasteiger partial charge in [0, 0.05) is 4.47 Å². The molecule has 6 nitrogen and oxygen atoms in total. The number of halogens is 3. The molecule has 1 aromatic carbocycles. The van der Waals surface area contributed by atoms with Crippen LogP contribution >= 0.6 is 47.8 Å². The van der Waals surface area contributed by atoms with E-state index in [0.717, 1.165) is 0 Å². The van der Waals surface area contributed by atoms with Crippen LogP contribution in [0.5, 0.6) is 0 Å². The molecule has 0 saturated carbocycles. The second-order valence-electron chi connectivity index (χ2n) is 2.37. The quantitative estimate of drug-likeness (QED) is 0.426. The number of nitrogens with zero attached hydrogens (tertiary/aromatic N) is 2. The van der Waals surface area contributed by atoms with E-state index in [2.05, 4.69) is 47.8 Å². The van der Waals surface area contributed by atoms with Gasteiger partial charge in [0.15, 0.2) is 0 Å². The standard InChI is InChI=1S/C6HBr3N2O4/c7-2-1-3(8)5(10(12)13)6(4(2)9)11(14)15/h1H. The lowest BCUT2D eigenvalue weighted by Crippen LogP contribution is -1.99. The van der Waals surface area contributed by atoms with Gasteiger partial charge in [-0.05, 0) is 53.9 Å². The molecule has 0 aliphatic heterocycles. The van der Waals surface area contributed by atoms with Crippen LogP contribution in [0, 0.1) is 20.2 Å². The van der Waals surface area contributed by atoms with E-state index in [1.54, 1.807) is 0 Å². The van der Waals surface area contributed by atoms with Crippen LogP contribution in [-0.4, -0.2) is 9.85 Å². The van der Waals surface area contributed by atoms with Gasteiger partial charge in [-0.3, -0.25) is 20.2 Å². The second-order valence-corrected chi connectivity index (χ2v) is 4.87. The topological polar surface area (TPSA) is 86.3 Å². The Balaban J connectivity index is 3.69. The summed E-state index contributed by atoms with van der Waals surface area (Å²) in [6, 6.07) is 1.37. The fourth-order valence-electron chi connectivity index (χ4n) is 0.913. The number of hydrogen-bond acceptors (Lipinski definition) is 4. The molecule has 0 saturated heterocycles. The molecule has 0 aromatic heterocycles. The molecule has 1 rings (SSSR count). The molecule has 1 aromatic rings. The van der Waals surface area contributed by atoms with Crippen LogP contribution in [0.25, 0.3) is 0 Å². The van der Waals surface area contributed by atoms with Crippen molar-refractivity contribution in [3.8, 4) is 0 Å². The summed E-state index contributed by atoms with van der Waals surface area (Å²) >= 11 is 8.87. The fraction of sp³-hybridized carbons (Fsp3) is 0. The largest absolute Gasteiger partial charge is 0.362 e. The zero-order chi connectivity index (χ0) is 11.7. The van der Waals surface area contributed by atoms with Gasteiger partial charge in [-0.25, -0.2) is 0 Å². The third-order valence-electron chi connectivity index (χ3n) is 1.49. The van der Waals surface area contributed by atoms with Crippen molar-refractivity contribution >= 4 is 59.2 Å². The predicted molar refractivity (Wildman–Crippen MR) is 62.9 cm³/mol. The molecule has 0 aliphatic rings. The zero-order valence-corrected chi connectivity index (χ0v) is 11.5. The number of rotatable bonds is 2. The number of benzene rings is 1. The number of nitro benzene ring substituents is 2. The summed E-state index contributed by atoms with van der Waals surface area (Å²) in [6.45, 7) is 0. The lowest BCUT2D eigenvalue weighted by Gasteiger charge is -2.01. The van der Waals surface area contributed by atoms with Gasteiger partial charge in [-0.1, -0.05) is 0 Å². The van der Waals surface area contributed by atoms with Crippen LogP contribution < -0.4 is 0 Å². The van der Waals surface area contributed by atoms with Crippen LogP contribution in [0.3, 0.4) is 0 Å². The molecule has 0 amide bonds. The van der Waals surface area contributed by atoms with Gasteiger partial charge in [0.05, 0.1) is 9.85 Å². The first-order chi connectivity index (χ1) is 6.86. The van der Waals surface area contributed by atoms with Gasteiger partial charge in [-0.15, -0.1) is 0 Å². The Kier molecular flexibility index (Phi) is 3.79. The van der Waals surface area contributed by atoms with Crippen LogP contribution in [0.1, 0.15) is 0 Å². The molecule has 0 bridgehead atoms. The van der Waals surface area contributed by atoms with Gasteiger partial charge < -0.3 is 0 Å². The SMILES string of the molecule is O=[N+]([O-])c1c(Br)cc(Br)c(Br)c1[N+](=O)[O-]. The number of nitro groups is 2. The number of hydrogen-bond donors (Lipinski definition) is 0. The smallest absolute Gasteiger partial charge is 0.258 e. The Bertz CT molecular complexity index is 462. The fourth-order valence-corrected chi connectivity index (χ4v) is 2.65. The molecule has 0 fully saturated rings. The minimum absolute atomic E-state index is 0.0439. The maximum Gasteiger partial charge on any atom is 0.362 e. The van der Waals surface area contributed by atoms with Gasteiger partial charge in [0.25, 0.3) is 0 Å². The van der Waals surface area contributed by atoms with Crippen molar-refractivity contribution in [1.29, 1.82) is 0 Å². The van der Waals surface area contributed by atoms with E-state index in [-0.39, 0.29) is 8.95 Å². The lowest BCUT2D eigenvalue weighted by molar-refractivity contribution is -0.423. The highest BCUT2D eigenvalue weighted by Gasteiger charge is 2.32. The first-order valence-corrected chi connectivity index (χ1v) is 5.70. The highest BCUT2D eigenvalue weighted by atomic mass is 79.9. The van der Waals surface area contributed by atoms with Crippen LogP contribution in [-0.2, 0) is 0 Å². The molecule has 0 spiro atoms. The van der Waals surface area contributed by atoms with E-state index in [9.17, 15) is 20.2 Å². The average Bonchev–Trinajstić information content (AvgIpc) is 2.09. The molecular weight excluding hydrogens is 404 g/mol. The van der Waals surface area contributed by atoms with Crippen LogP contribution in [0.4, 0.5) is 11.4 Å². The maximum atomic E-state index is 10.7. The van der Waals surface area contributed by atoms with E-state index in [1.165, 1.54) is 6.07 Å². The molecule has 0 unspecified atom stereocenters. The van der Waals surface area contributed by atoms with E-state index in [0.29, 0.717) is 4.47 Å². The maximum absolute atomic E-state index is 10.7. The van der Waals surface area contributed by atoms with Crippen molar-refractivity contribution in [3.05, 3.63) is 39.7 Å². The van der Waals surface area contributed by atoms with E-state index in [1.807, 2.05) is 0 Å². The molecule has 0 N–H and O–H groups in total. The van der Waals surface area contributed by atoms with Gasteiger partial charge in [0.2, 0.25) is 0 Å². The van der Waals surface area contributed by atoms with Gasteiger partial charge in [0.1, 0.15) is 8.95 Å². The summed E-state index contributed by atoms with van der Waals surface area (Å²) in [5, 5.41) is 21.3. The van der Waals surface area contributed by atoms with Crippen molar-refractivity contribution in [3.63, 3.8) is 0 Å².